The zero-order valence-corrected chi connectivity index (χ0v) is 6.45. The highest BCUT2D eigenvalue weighted by Gasteiger charge is 2.40. The summed E-state index contributed by atoms with van der Waals surface area (Å²) >= 11 is 0. The van der Waals surface area contributed by atoms with Gasteiger partial charge in [0.2, 0.25) is 5.91 Å². The number of nitrogens with two attached hydrogens (primary N) is 1. The molecule has 3 nitrogen and oxygen atoms in total. The van der Waals surface area contributed by atoms with Gasteiger partial charge in [-0.2, -0.15) is 0 Å². The summed E-state index contributed by atoms with van der Waals surface area (Å²) < 4.78 is 5.57. The molecule has 2 N–H and O–H groups in total. The zero-order valence-electron chi connectivity index (χ0n) is 6.45. The zero-order chi connectivity index (χ0) is 7.84. The molecule has 3 heteroatoms. The lowest BCUT2D eigenvalue weighted by Crippen LogP contribution is -2.27. The minimum Gasteiger partial charge on any atom is -0.374 e. The van der Waals surface area contributed by atoms with E-state index in [9.17, 15) is 4.79 Å². The molecule has 1 saturated heterocycles. The van der Waals surface area contributed by atoms with Crippen LogP contribution in [0, 0.1) is 5.92 Å². The third-order valence-corrected chi connectivity index (χ3v) is 2.72. The Kier molecular flexibility index (Phi) is 1.60. The molecule has 0 aromatic carbocycles. The van der Waals surface area contributed by atoms with Gasteiger partial charge < -0.3 is 10.5 Å². The first-order chi connectivity index (χ1) is 5.25. The predicted octanol–water partition coefficient (Wildman–Crippen LogP) is 0.429. The van der Waals surface area contributed by atoms with E-state index in [1.54, 1.807) is 0 Å². The van der Waals surface area contributed by atoms with Crippen LogP contribution < -0.4 is 5.73 Å². The first-order valence-corrected chi connectivity index (χ1v) is 4.19. The van der Waals surface area contributed by atoms with E-state index in [2.05, 4.69) is 0 Å². The molecule has 0 radical (unpaired) electrons. The highest BCUT2D eigenvalue weighted by atomic mass is 16.5. The minimum absolute atomic E-state index is 0.145. The predicted molar refractivity (Wildman–Crippen MR) is 39.8 cm³/mol. The van der Waals surface area contributed by atoms with Crippen LogP contribution in [0.15, 0.2) is 0 Å². The lowest BCUT2D eigenvalue weighted by molar-refractivity contribution is -0.121. The Morgan fingerprint density at radius 3 is 2.82 bits per heavy atom. The first-order valence-electron chi connectivity index (χ1n) is 4.19. The molecular formula is C8H13NO2. The van der Waals surface area contributed by atoms with E-state index in [1.165, 1.54) is 12.8 Å². The van der Waals surface area contributed by atoms with Crippen molar-refractivity contribution in [1.29, 1.82) is 0 Å². The van der Waals surface area contributed by atoms with E-state index in [0.717, 1.165) is 6.42 Å². The fraction of sp³-hybridized carbons (Fsp3) is 0.875. The quantitative estimate of drug-likeness (QED) is 0.628. The minimum atomic E-state index is -0.234. The van der Waals surface area contributed by atoms with E-state index in [1.807, 2.05) is 0 Å². The summed E-state index contributed by atoms with van der Waals surface area (Å²) in [6.07, 6.45) is 4.55. The summed E-state index contributed by atoms with van der Waals surface area (Å²) in [6.45, 7) is 0. The van der Waals surface area contributed by atoms with Crippen LogP contribution in [-0.4, -0.2) is 18.1 Å². The Labute approximate surface area is 65.9 Å². The number of fused-ring (bicyclic) bond motifs is 2. The van der Waals surface area contributed by atoms with Crippen molar-refractivity contribution in [1.82, 2.24) is 0 Å². The summed E-state index contributed by atoms with van der Waals surface area (Å²) in [4.78, 5) is 10.6. The smallest absolute Gasteiger partial charge is 0.220 e. The molecule has 1 saturated carbocycles. The molecule has 0 aromatic rings. The lowest BCUT2D eigenvalue weighted by atomic mass is 9.99. The average Bonchev–Trinajstić information content (AvgIpc) is 2.45. The Bertz CT molecular complexity index is 181. The first kappa shape index (κ1) is 7.10. The van der Waals surface area contributed by atoms with Crippen LogP contribution in [0.4, 0.5) is 0 Å². The molecule has 0 aromatic heterocycles. The third kappa shape index (κ3) is 1.25. The molecule has 1 aliphatic carbocycles. The van der Waals surface area contributed by atoms with E-state index in [-0.39, 0.29) is 12.0 Å². The molecule has 1 amide bonds. The summed E-state index contributed by atoms with van der Waals surface area (Å²) in [7, 11) is 0. The molecule has 2 bridgehead atoms. The molecule has 62 valence electrons. The highest BCUT2D eigenvalue weighted by Crippen LogP contribution is 2.40. The maximum atomic E-state index is 10.6. The Morgan fingerprint density at radius 2 is 2.36 bits per heavy atom. The van der Waals surface area contributed by atoms with Crippen LogP contribution in [-0.2, 0) is 9.53 Å². The number of carbonyl (C=O) groups is 1. The molecule has 3 unspecified atom stereocenters. The van der Waals surface area contributed by atoms with E-state index in [4.69, 9.17) is 10.5 Å². The van der Waals surface area contributed by atoms with Gasteiger partial charge in [-0.3, -0.25) is 4.79 Å². The van der Waals surface area contributed by atoms with E-state index in [0.29, 0.717) is 18.4 Å². The van der Waals surface area contributed by atoms with Crippen molar-refractivity contribution >= 4 is 5.91 Å². The largest absolute Gasteiger partial charge is 0.374 e. The van der Waals surface area contributed by atoms with Crippen LogP contribution in [0.3, 0.4) is 0 Å². The molecule has 1 aliphatic heterocycles. The van der Waals surface area contributed by atoms with Gasteiger partial charge in [0, 0.05) is 0 Å². The number of hydrogen-bond donors (Lipinski definition) is 1. The van der Waals surface area contributed by atoms with Crippen LogP contribution in [0.2, 0.25) is 0 Å². The molecule has 1 heterocycles. The Hall–Kier alpha value is -0.570. The van der Waals surface area contributed by atoms with Crippen molar-refractivity contribution in [3.8, 4) is 0 Å². The second-order valence-electron chi connectivity index (χ2n) is 3.54. The number of hydrogen-bond acceptors (Lipinski definition) is 2. The number of primary amides is 1. The lowest BCUT2D eigenvalue weighted by Gasteiger charge is -2.20. The number of ether oxygens (including phenoxy) is 1. The summed E-state index contributed by atoms with van der Waals surface area (Å²) in [5, 5.41) is 0. The van der Waals surface area contributed by atoms with Crippen molar-refractivity contribution in [3.05, 3.63) is 0 Å². The van der Waals surface area contributed by atoms with Gasteiger partial charge in [-0.05, 0) is 25.2 Å². The third-order valence-electron chi connectivity index (χ3n) is 2.72. The second-order valence-corrected chi connectivity index (χ2v) is 3.54. The van der Waals surface area contributed by atoms with Crippen molar-refractivity contribution in [2.45, 2.75) is 37.9 Å². The maximum Gasteiger partial charge on any atom is 0.220 e. The number of amides is 1. The van der Waals surface area contributed by atoms with Crippen molar-refractivity contribution in [2.75, 3.05) is 0 Å². The van der Waals surface area contributed by atoms with Crippen LogP contribution in [0.1, 0.15) is 25.7 Å². The number of carbonyl (C=O) groups excluding carboxylic acids is 1. The topological polar surface area (TPSA) is 52.3 Å². The fourth-order valence-electron chi connectivity index (χ4n) is 2.21. The van der Waals surface area contributed by atoms with Crippen molar-refractivity contribution < 1.29 is 9.53 Å². The van der Waals surface area contributed by atoms with Crippen LogP contribution in [0.5, 0.6) is 0 Å². The van der Waals surface area contributed by atoms with Crippen LogP contribution in [0.25, 0.3) is 0 Å². The summed E-state index contributed by atoms with van der Waals surface area (Å²) in [5.74, 6) is 0.384. The van der Waals surface area contributed by atoms with Gasteiger partial charge >= 0.3 is 0 Å². The SMILES string of the molecule is NC(=O)CC1OC2CCC1C2. The van der Waals surface area contributed by atoms with Crippen molar-refractivity contribution in [3.63, 3.8) is 0 Å². The summed E-state index contributed by atoms with van der Waals surface area (Å²) in [5.41, 5.74) is 5.09. The van der Waals surface area contributed by atoms with E-state index >= 15 is 0 Å². The molecule has 2 fully saturated rings. The Morgan fingerprint density at radius 1 is 1.55 bits per heavy atom. The fourth-order valence-corrected chi connectivity index (χ4v) is 2.21. The van der Waals surface area contributed by atoms with E-state index < -0.39 is 0 Å². The average molecular weight is 155 g/mol. The second kappa shape index (κ2) is 2.48. The van der Waals surface area contributed by atoms with Gasteiger partial charge in [-0.1, -0.05) is 0 Å². The monoisotopic (exact) mass is 155 g/mol. The van der Waals surface area contributed by atoms with Gasteiger partial charge in [0.05, 0.1) is 18.6 Å². The molecule has 3 atom stereocenters. The van der Waals surface area contributed by atoms with Crippen LogP contribution >= 0.6 is 0 Å². The normalized spacial score (nSPS) is 41.3. The molecular weight excluding hydrogens is 142 g/mol. The molecule has 11 heavy (non-hydrogen) atoms. The van der Waals surface area contributed by atoms with Gasteiger partial charge in [-0.25, -0.2) is 0 Å². The molecule has 2 aliphatic rings. The van der Waals surface area contributed by atoms with Gasteiger partial charge in [-0.15, -0.1) is 0 Å². The maximum absolute atomic E-state index is 10.6. The van der Waals surface area contributed by atoms with Crippen molar-refractivity contribution in [2.24, 2.45) is 11.7 Å². The Balaban J connectivity index is 1.92. The van der Waals surface area contributed by atoms with Gasteiger partial charge in [0.15, 0.2) is 0 Å². The van der Waals surface area contributed by atoms with Gasteiger partial charge in [0.25, 0.3) is 0 Å². The molecule has 2 rings (SSSR count). The summed E-state index contributed by atoms with van der Waals surface area (Å²) in [6, 6.07) is 0. The number of rotatable bonds is 2. The standard InChI is InChI=1S/C8H13NO2/c9-8(10)4-7-5-1-2-6(3-5)11-7/h5-7H,1-4H2,(H2,9,10). The van der Waals surface area contributed by atoms with Gasteiger partial charge in [0.1, 0.15) is 0 Å². The highest BCUT2D eigenvalue weighted by molar-refractivity contribution is 5.74. The molecule has 0 spiro atoms.